The van der Waals surface area contributed by atoms with E-state index in [9.17, 15) is 0 Å². The largest absolute Gasteiger partial charge is 0.456 e. The molecule has 0 aliphatic rings. The lowest BCUT2D eigenvalue weighted by Gasteiger charge is -2.26. The van der Waals surface area contributed by atoms with E-state index in [0.29, 0.717) is 0 Å². The quantitative estimate of drug-likeness (QED) is 0.153. The first-order chi connectivity index (χ1) is 31.2. The predicted octanol–water partition coefficient (Wildman–Crippen LogP) is 16.8. The van der Waals surface area contributed by atoms with Gasteiger partial charge in [-0.1, -0.05) is 170 Å². The highest BCUT2D eigenvalue weighted by atomic mass is 16.3. The van der Waals surface area contributed by atoms with E-state index >= 15 is 0 Å². The van der Waals surface area contributed by atoms with Crippen LogP contribution in [-0.4, -0.2) is 4.57 Å². The first-order valence-corrected chi connectivity index (χ1v) is 21.5. The van der Waals surface area contributed by atoms with Crippen LogP contribution in [0.1, 0.15) is 0 Å². The van der Waals surface area contributed by atoms with Gasteiger partial charge in [-0.15, -0.1) is 0 Å². The van der Waals surface area contributed by atoms with E-state index in [-0.39, 0.29) is 0 Å². The summed E-state index contributed by atoms with van der Waals surface area (Å²) in [6.45, 7) is 0. The number of aromatic nitrogens is 1. The normalized spacial score (nSPS) is 11.5. The molecule has 3 heteroatoms. The molecule has 3 nitrogen and oxygen atoms in total. The lowest BCUT2D eigenvalue weighted by molar-refractivity contribution is 0.669. The van der Waals surface area contributed by atoms with Crippen LogP contribution in [0.3, 0.4) is 0 Å². The molecule has 0 bridgehead atoms. The van der Waals surface area contributed by atoms with E-state index in [4.69, 9.17) is 4.42 Å². The summed E-state index contributed by atoms with van der Waals surface area (Å²) in [7, 11) is 0. The van der Waals surface area contributed by atoms with Gasteiger partial charge in [-0.3, -0.25) is 0 Å². The minimum absolute atomic E-state index is 0.900. The molecule has 296 valence electrons. The third kappa shape index (κ3) is 6.46. The molecule has 0 aliphatic carbocycles. The molecule has 0 saturated heterocycles. The molecule has 0 amide bonds. The van der Waals surface area contributed by atoms with Crippen molar-refractivity contribution in [2.75, 3.05) is 4.90 Å². The number of fused-ring (bicyclic) bond motifs is 6. The zero-order valence-corrected chi connectivity index (χ0v) is 34.4. The van der Waals surface area contributed by atoms with Crippen molar-refractivity contribution in [2.24, 2.45) is 0 Å². The maximum absolute atomic E-state index is 6.24. The maximum atomic E-state index is 6.24. The summed E-state index contributed by atoms with van der Waals surface area (Å²) in [5, 5.41) is 4.82. The summed E-state index contributed by atoms with van der Waals surface area (Å²) in [5.74, 6) is 0. The van der Waals surface area contributed by atoms with Crippen LogP contribution in [0.15, 0.2) is 247 Å². The molecular formula is C60H40N2O. The third-order valence-corrected chi connectivity index (χ3v) is 12.4. The van der Waals surface area contributed by atoms with Gasteiger partial charge in [-0.2, -0.15) is 0 Å². The summed E-state index contributed by atoms with van der Waals surface area (Å²) in [4.78, 5) is 2.35. The highest BCUT2D eigenvalue weighted by molar-refractivity contribution is 6.12. The minimum Gasteiger partial charge on any atom is -0.456 e. The summed E-state index contributed by atoms with van der Waals surface area (Å²) >= 11 is 0. The SMILES string of the molecule is c1ccc(-c2cccc(N(c3ccc(-c4ccc(-c5ccc(-n6c7ccccc7c7ccccc76)cc5)cc4)cc3)c3ccc(-c4cccc5oc6ccccc6c45)cc3)c2)cc1. The Labute approximate surface area is 366 Å². The topological polar surface area (TPSA) is 21.3 Å². The molecule has 63 heavy (non-hydrogen) atoms. The molecule has 0 saturated carbocycles. The van der Waals surface area contributed by atoms with Gasteiger partial charge in [0.2, 0.25) is 0 Å². The number of para-hydroxylation sites is 3. The van der Waals surface area contributed by atoms with Crippen molar-refractivity contribution in [3.05, 3.63) is 243 Å². The van der Waals surface area contributed by atoms with Gasteiger partial charge in [0.25, 0.3) is 0 Å². The molecule has 0 N–H and O–H groups in total. The molecule has 0 unspecified atom stereocenters. The van der Waals surface area contributed by atoms with E-state index in [0.717, 1.165) is 55.8 Å². The van der Waals surface area contributed by atoms with Gasteiger partial charge in [-0.25, -0.2) is 0 Å². The van der Waals surface area contributed by atoms with Crippen molar-refractivity contribution in [1.29, 1.82) is 0 Å². The minimum atomic E-state index is 0.900. The number of anilines is 3. The molecule has 0 spiro atoms. The number of nitrogens with zero attached hydrogens (tertiary/aromatic N) is 2. The zero-order valence-electron chi connectivity index (χ0n) is 34.4. The maximum Gasteiger partial charge on any atom is 0.136 e. The smallest absolute Gasteiger partial charge is 0.136 e. The van der Waals surface area contributed by atoms with Gasteiger partial charge >= 0.3 is 0 Å². The van der Waals surface area contributed by atoms with Crippen molar-refractivity contribution >= 4 is 60.8 Å². The van der Waals surface area contributed by atoms with Crippen molar-refractivity contribution in [3.8, 4) is 50.2 Å². The Morgan fingerprint density at radius 1 is 0.302 bits per heavy atom. The second-order valence-electron chi connectivity index (χ2n) is 16.1. The van der Waals surface area contributed by atoms with Crippen molar-refractivity contribution in [3.63, 3.8) is 0 Å². The number of furan rings is 1. The van der Waals surface area contributed by atoms with E-state index in [1.807, 2.05) is 12.1 Å². The van der Waals surface area contributed by atoms with Crippen molar-refractivity contribution in [2.45, 2.75) is 0 Å². The lowest BCUT2D eigenvalue weighted by Crippen LogP contribution is -2.10. The summed E-state index contributed by atoms with van der Waals surface area (Å²) < 4.78 is 8.60. The van der Waals surface area contributed by atoms with Gasteiger partial charge in [-0.05, 0) is 117 Å². The third-order valence-electron chi connectivity index (χ3n) is 12.4. The molecule has 2 heterocycles. The zero-order chi connectivity index (χ0) is 41.7. The molecule has 2 aromatic heterocycles. The van der Waals surface area contributed by atoms with Crippen LogP contribution in [0, 0.1) is 0 Å². The van der Waals surface area contributed by atoms with E-state index < -0.39 is 0 Å². The van der Waals surface area contributed by atoms with Crippen LogP contribution in [0.5, 0.6) is 0 Å². The second kappa shape index (κ2) is 15.3. The molecule has 0 radical (unpaired) electrons. The van der Waals surface area contributed by atoms with E-state index in [1.165, 1.54) is 55.2 Å². The standard InChI is InChI=1S/C60H40N2O/c1-2-12-41(13-3-1)47-14-10-15-51(40-47)61(49-38-32-46(33-39-49)52-19-11-23-59-60(52)55-18-6-9-22-58(55)63-59)48-34-28-44(29-35-48)42-24-26-43(27-25-42)45-30-36-50(37-31-45)62-56-20-7-4-16-53(56)54-17-5-8-21-57(54)62/h1-40H. The summed E-state index contributed by atoms with van der Waals surface area (Å²) in [6.07, 6.45) is 0. The Morgan fingerprint density at radius 3 is 1.40 bits per heavy atom. The van der Waals surface area contributed by atoms with Crippen LogP contribution in [0.2, 0.25) is 0 Å². The van der Waals surface area contributed by atoms with Gasteiger partial charge < -0.3 is 13.9 Å². The number of hydrogen-bond donors (Lipinski definition) is 0. The molecule has 12 rings (SSSR count). The first-order valence-electron chi connectivity index (χ1n) is 21.5. The Kier molecular flexibility index (Phi) is 8.83. The van der Waals surface area contributed by atoms with Crippen molar-refractivity contribution in [1.82, 2.24) is 4.57 Å². The van der Waals surface area contributed by atoms with E-state index in [2.05, 4.69) is 240 Å². The first kappa shape index (κ1) is 36.5. The fourth-order valence-corrected chi connectivity index (χ4v) is 9.37. The highest BCUT2D eigenvalue weighted by Crippen LogP contribution is 2.41. The monoisotopic (exact) mass is 804 g/mol. The van der Waals surface area contributed by atoms with E-state index in [1.54, 1.807) is 0 Å². The molecule has 10 aromatic carbocycles. The van der Waals surface area contributed by atoms with Gasteiger partial charge in [0.1, 0.15) is 11.2 Å². The number of benzene rings is 10. The fraction of sp³-hybridized carbons (Fsp3) is 0. The molecular weight excluding hydrogens is 765 g/mol. The summed E-state index contributed by atoms with van der Waals surface area (Å²) in [6, 6.07) is 87.0. The van der Waals surface area contributed by atoms with Gasteiger partial charge in [0.05, 0.1) is 11.0 Å². The number of rotatable bonds is 8. The number of hydrogen-bond acceptors (Lipinski definition) is 2. The second-order valence-corrected chi connectivity index (χ2v) is 16.1. The Hall–Kier alpha value is -8.40. The molecule has 0 aliphatic heterocycles. The van der Waals surface area contributed by atoms with Crippen LogP contribution in [-0.2, 0) is 0 Å². The highest BCUT2D eigenvalue weighted by Gasteiger charge is 2.17. The average Bonchev–Trinajstić information content (AvgIpc) is 3.91. The Morgan fingerprint density at radius 2 is 0.762 bits per heavy atom. The van der Waals surface area contributed by atoms with Crippen molar-refractivity contribution < 1.29 is 4.42 Å². The Balaban J connectivity index is 0.857. The molecule has 0 fully saturated rings. The fourth-order valence-electron chi connectivity index (χ4n) is 9.37. The van der Waals surface area contributed by atoms with Gasteiger partial charge in [0, 0.05) is 44.3 Å². The lowest BCUT2D eigenvalue weighted by atomic mass is 9.98. The summed E-state index contributed by atoms with van der Waals surface area (Å²) in [5.41, 5.74) is 18.0. The molecule has 12 aromatic rings. The average molecular weight is 805 g/mol. The predicted molar refractivity (Wildman–Crippen MR) is 264 cm³/mol. The van der Waals surface area contributed by atoms with Gasteiger partial charge in [0.15, 0.2) is 0 Å². The van der Waals surface area contributed by atoms with Crippen LogP contribution in [0.4, 0.5) is 17.1 Å². The van der Waals surface area contributed by atoms with Crippen LogP contribution >= 0.6 is 0 Å². The van der Waals surface area contributed by atoms with Crippen LogP contribution < -0.4 is 4.90 Å². The molecule has 0 atom stereocenters. The van der Waals surface area contributed by atoms with Crippen LogP contribution in [0.25, 0.3) is 93.9 Å². The Bertz CT molecular complexity index is 3530.